The molecule has 3 heteroatoms. The molecular formula is C14H24N2O. The summed E-state index contributed by atoms with van der Waals surface area (Å²) in [5.74, 6) is 1.29. The van der Waals surface area contributed by atoms with E-state index in [1.807, 2.05) is 7.11 Å². The lowest BCUT2D eigenvalue weighted by atomic mass is 9.94. The van der Waals surface area contributed by atoms with Crippen LogP contribution >= 0.6 is 0 Å². The number of hydrogen-bond donors (Lipinski definition) is 0. The molecule has 0 amide bonds. The van der Waals surface area contributed by atoms with Crippen LogP contribution in [0.4, 0.5) is 0 Å². The monoisotopic (exact) mass is 236 g/mol. The summed E-state index contributed by atoms with van der Waals surface area (Å²) >= 11 is 0. The molecule has 96 valence electrons. The zero-order chi connectivity index (χ0) is 12.6. The Balaban J connectivity index is 2.28. The Morgan fingerprint density at radius 1 is 1.41 bits per heavy atom. The molecule has 0 aromatic carbocycles. The van der Waals surface area contributed by atoms with Crippen LogP contribution in [0.25, 0.3) is 0 Å². The predicted molar refractivity (Wildman–Crippen MR) is 69.3 cm³/mol. The van der Waals surface area contributed by atoms with Crippen molar-refractivity contribution in [2.45, 2.75) is 58.6 Å². The van der Waals surface area contributed by atoms with Gasteiger partial charge in [0.2, 0.25) is 0 Å². The molecule has 1 aromatic rings. The highest BCUT2D eigenvalue weighted by Gasteiger charge is 2.34. The molecule has 0 spiro atoms. The summed E-state index contributed by atoms with van der Waals surface area (Å²) in [6.45, 7) is 8.80. The Morgan fingerprint density at radius 3 is 2.65 bits per heavy atom. The van der Waals surface area contributed by atoms with Crippen LogP contribution in [0.1, 0.15) is 57.0 Å². The van der Waals surface area contributed by atoms with Gasteiger partial charge in [0, 0.05) is 24.8 Å². The second-order valence-electron chi connectivity index (χ2n) is 5.66. The zero-order valence-electron chi connectivity index (χ0n) is 11.6. The standard InChI is InChI=1S/C14H24N2O/c1-9(2)16-14(7-11(4)15-16)13-8-12(17-5)6-10(13)3/h7,9-10,12-13H,6,8H2,1-5H3/t10?,12-,13-/m1/s1. The van der Waals surface area contributed by atoms with E-state index in [0.717, 1.165) is 12.1 Å². The SMILES string of the molecule is CO[C@@H]1CC(C)[C@H](c2cc(C)nn2C(C)C)C1. The molecule has 0 aliphatic heterocycles. The van der Waals surface area contributed by atoms with Gasteiger partial charge in [0.05, 0.1) is 11.8 Å². The Bertz CT molecular complexity index is 384. The summed E-state index contributed by atoms with van der Waals surface area (Å²) < 4.78 is 7.70. The van der Waals surface area contributed by atoms with Gasteiger partial charge in [0.1, 0.15) is 0 Å². The van der Waals surface area contributed by atoms with Crippen molar-refractivity contribution >= 4 is 0 Å². The van der Waals surface area contributed by atoms with E-state index < -0.39 is 0 Å². The van der Waals surface area contributed by atoms with E-state index in [9.17, 15) is 0 Å². The van der Waals surface area contributed by atoms with Crippen molar-refractivity contribution in [3.63, 3.8) is 0 Å². The minimum atomic E-state index is 0.422. The Labute approximate surface area is 104 Å². The van der Waals surface area contributed by atoms with Crippen molar-refractivity contribution in [2.24, 2.45) is 5.92 Å². The number of rotatable bonds is 3. The van der Waals surface area contributed by atoms with Crippen LogP contribution in [0.5, 0.6) is 0 Å². The molecule has 1 aliphatic rings. The van der Waals surface area contributed by atoms with Crippen molar-refractivity contribution in [1.29, 1.82) is 0 Å². The fraction of sp³-hybridized carbons (Fsp3) is 0.786. The molecule has 1 unspecified atom stereocenters. The van der Waals surface area contributed by atoms with Crippen LogP contribution in [-0.4, -0.2) is 23.0 Å². The number of nitrogens with zero attached hydrogens (tertiary/aromatic N) is 2. The summed E-state index contributed by atoms with van der Waals surface area (Å²) in [6, 6.07) is 2.69. The lowest BCUT2D eigenvalue weighted by Crippen LogP contribution is -2.13. The molecule has 1 aliphatic carbocycles. The number of hydrogen-bond acceptors (Lipinski definition) is 2. The molecule has 17 heavy (non-hydrogen) atoms. The highest BCUT2D eigenvalue weighted by molar-refractivity contribution is 5.17. The summed E-state index contributed by atoms with van der Waals surface area (Å²) in [5.41, 5.74) is 2.52. The highest BCUT2D eigenvalue weighted by atomic mass is 16.5. The number of aryl methyl sites for hydroxylation is 1. The summed E-state index contributed by atoms with van der Waals surface area (Å²) in [4.78, 5) is 0. The molecule has 1 saturated carbocycles. The van der Waals surface area contributed by atoms with Gasteiger partial charge < -0.3 is 4.74 Å². The minimum absolute atomic E-state index is 0.422. The highest BCUT2D eigenvalue weighted by Crippen LogP contribution is 2.41. The smallest absolute Gasteiger partial charge is 0.0596 e. The summed E-state index contributed by atoms with van der Waals surface area (Å²) in [6.07, 6.45) is 2.73. The maximum absolute atomic E-state index is 5.51. The van der Waals surface area contributed by atoms with Gasteiger partial charge in [-0.05, 0) is 45.6 Å². The normalized spacial score (nSPS) is 29.2. The van der Waals surface area contributed by atoms with Crippen LogP contribution in [0, 0.1) is 12.8 Å². The van der Waals surface area contributed by atoms with Crippen molar-refractivity contribution in [3.05, 3.63) is 17.5 Å². The van der Waals surface area contributed by atoms with Gasteiger partial charge >= 0.3 is 0 Å². The molecule has 1 fully saturated rings. The molecule has 0 radical (unpaired) electrons. The average Bonchev–Trinajstić information content (AvgIpc) is 2.81. The molecule has 1 heterocycles. The summed E-state index contributed by atoms with van der Waals surface area (Å²) in [5, 5.41) is 4.62. The number of methoxy groups -OCH3 is 1. The molecule has 0 bridgehead atoms. The van der Waals surface area contributed by atoms with Crippen molar-refractivity contribution in [1.82, 2.24) is 9.78 Å². The first kappa shape index (κ1) is 12.6. The second-order valence-corrected chi connectivity index (χ2v) is 5.66. The zero-order valence-corrected chi connectivity index (χ0v) is 11.6. The van der Waals surface area contributed by atoms with Crippen LogP contribution < -0.4 is 0 Å². The van der Waals surface area contributed by atoms with Crippen LogP contribution in [-0.2, 0) is 4.74 Å². The van der Waals surface area contributed by atoms with Crippen molar-refractivity contribution in [3.8, 4) is 0 Å². The first-order chi connectivity index (χ1) is 8.02. The minimum Gasteiger partial charge on any atom is -0.381 e. The van der Waals surface area contributed by atoms with Gasteiger partial charge in [-0.25, -0.2) is 0 Å². The van der Waals surface area contributed by atoms with E-state index in [4.69, 9.17) is 4.74 Å². The Hall–Kier alpha value is -0.830. The lowest BCUT2D eigenvalue weighted by molar-refractivity contribution is 0.105. The van der Waals surface area contributed by atoms with E-state index >= 15 is 0 Å². The molecule has 3 atom stereocenters. The van der Waals surface area contributed by atoms with E-state index in [0.29, 0.717) is 24.0 Å². The Kier molecular flexibility index (Phi) is 3.57. The molecular weight excluding hydrogens is 212 g/mol. The largest absolute Gasteiger partial charge is 0.381 e. The first-order valence-electron chi connectivity index (χ1n) is 6.61. The van der Waals surface area contributed by atoms with E-state index in [2.05, 4.69) is 43.5 Å². The van der Waals surface area contributed by atoms with Gasteiger partial charge in [-0.15, -0.1) is 0 Å². The quantitative estimate of drug-likeness (QED) is 0.805. The van der Waals surface area contributed by atoms with Gasteiger partial charge in [-0.2, -0.15) is 5.10 Å². The Morgan fingerprint density at radius 2 is 2.12 bits per heavy atom. The maximum Gasteiger partial charge on any atom is 0.0596 e. The molecule has 2 rings (SSSR count). The lowest BCUT2D eigenvalue weighted by Gasteiger charge is -2.19. The third-order valence-corrected chi connectivity index (χ3v) is 3.93. The third kappa shape index (κ3) is 2.39. The number of aromatic nitrogens is 2. The van der Waals surface area contributed by atoms with Crippen molar-refractivity contribution in [2.75, 3.05) is 7.11 Å². The average molecular weight is 236 g/mol. The maximum atomic E-state index is 5.51. The molecule has 0 N–H and O–H groups in total. The van der Waals surface area contributed by atoms with E-state index in [1.165, 1.54) is 12.1 Å². The fourth-order valence-corrected chi connectivity index (χ4v) is 3.02. The topological polar surface area (TPSA) is 27.1 Å². The van der Waals surface area contributed by atoms with Gasteiger partial charge in [-0.3, -0.25) is 4.68 Å². The summed E-state index contributed by atoms with van der Waals surface area (Å²) in [7, 11) is 1.82. The van der Waals surface area contributed by atoms with Gasteiger partial charge in [-0.1, -0.05) is 6.92 Å². The van der Waals surface area contributed by atoms with Crippen molar-refractivity contribution < 1.29 is 4.74 Å². The van der Waals surface area contributed by atoms with E-state index in [-0.39, 0.29) is 0 Å². The molecule has 1 aromatic heterocycles. The predicted octanol–water partition coefficient (Wildman–Crippen LogP) is 3.30. The third-order valence-electron chi connectivity index (χ3n) is 3.93. The first-order valence-corrected chi connectivity index (χ1v) is 6.61. The number of ether oxygens (including phenoxy) is 1. The van der Waals surface area contributed by atoms with Gasteiger partial charge in [0.15, 0.2) is 0 Å². The van der Waals surface area contributed by atoms with E-state index in [1.54, 1.807) is 0 Å². The molecule has 3 nitrogen and oxygen atoms in total. The fourth-order valence-electron chi connectivity index (χ4n) is 3.02. The second kappa shape index (κ2) is 4.81. The van der Waals surface area contributed by atoms with Crippen LogP contribution in [0.15, 0.2) is 6.07 Å². The molecule has 0 saturated heterocycles. The van der Waals surface area contributed by atoms with Gasteiger partial charge in [0.25, 0.3) is 0 Å². The van der Waals surface area contributed by atoms with Crippen LogP contribution in [0.3, 0.4) is 0 Å². The van der Waals surface area contributed by atoms with Crippen LogP contribution in [0.2, 0.25) is 0 Å².